The van der Waals surface area contributed by atoms with Gasteiger partial charge in [0.2, 0.25) is 0 Å². The zero-order chi connectivity index (χ0) is 26.8. The van der Waals surface area contributed by atoms with Crippen molar-refractivity contribution in [1.29, 1.82) is 0 Å². The minimum absolute atomic E-state index is 0.436. The van der Waals surface area contributed by atoms with Gasteiger partial charge in [0, 0.05) is 0 Å². The van der Waals surface area contributed by atoms with Gasteiger partial charge in [-0.25, -0.2) is 0 Å². The SMILES string of the molecule is C[SiH2][Zr]([C](=CC=Cc1ccccc1)c1ccccc1)([CH]1C(C)=Cc2ccccc21)[CH]1C(C)=Cc2ccccc21. The molecule has 4 aromatic carbocycles. The summed E-state index contributed by atoms with van der Waals surface area (Å²) >= 11 is -3.35. The second kappa shape index (κ2) is 11.2. The van der Waals surface area contributed by atoms with Gasteiger partial charge in [0.25, 0.3) is 0 Å². The Bertz CT molecular complexity index is 1540. The molecule has 6 rings (SSSR count). The van der Waals surface area contributed by atoms with E-state index in [0.29, 0.717) is 7.25 Å². The maximum atomic E-state index is 2.64. The Labute approximate surface area is 239 Å². The van der Waals surface area contributed by atoms with E-state index in [4.69, 9.17) is 0 Å². The van der Waals surface area contributed by atoms with Crippen LogP contribution in [0.3, 0.4) is 0 Å². The van der Waals surface area contributed by atoms with Crippen molar-refractivity contribution in [3.05, 3.63) is 166 Å². The minimum atomic E-state index is -3.35. The Hall–Kier alpha value is -3.06. The van der Waals surface area contributed by atoms with Gasteiger partial charge in [-0.05, 0) is 0 Å². The van der Waals surface area contributed by atoms with E-state index in [1.807, 2.05) is 0 Å². The normalized spacial score (nSPS) is 20.1. The molecule has 0 nitrogen and oxygen atoms in total. The quantitative estimate of drug-likeness (QED) is 0.147. The molecule has 0 amide bonds. The molecule has 2 aliphatic rings. The van der Waals surface area contributed by atoms with Crippen molar-refractivity contribution in [1.82, 2.24) is 0 Å². The van der Waals surface area contributed by atoms with Gasteiger partial charge in [0.1, 0.15) is 0 Å². The van der Waals surface area contributed by atoms with Gasteiger partial charge in [-0.3, -0.25) is 0 Å². The average Bonchev–Trinajstić information content (AvgIpc) is 3.50. The predicted molar refractivity (Wildman–Crippen MR) is 170 cm³/mol. The second-order valence-electron chi connectivity index (χ2n) is 11.0. The Morgan fingerprint density at radius 2 is 1.13 bits per heavy atom. The summed E-state index contributed by atoms with van der Waals surface area (Å²) in [5.41, 5.74) is 11.8. The van der Waals surface area contributed by atoms with Gasteiger partial charge in [-0.1, -0.05) is 0 Å². The molecule has 39 heavy (non-hydrogen) atoms. The fourth-order valence-corrected chi connectivity index (χ4v) is 39.2. The first-order valence-electron chi connectivity index (χ1n) is 14.2. The van der Waals surface area contributed by atoms with Crippen LogP contribution in [-0.2, 0) is 19.4 Å². The third kappa shape index (κ3) is 4.69. The van der Waals surface area contributed by atoms with Crippen LogP contribution in [0.5, 0.6) is 0 Å². The van der Waals surface area contributed by atoms with E-state index in [2.05, 4.69) is 160 Å². The Kier molecular flexibility index (Phi) is 7.52. The number of fused-ring (bicyclic) bond motifs is 2. The fraction of sp³-hybridized carbons (Fsp3) is 0.135. The molecule has 4 aromatic rings. The standard InChI is InChI=1S/C16H13.2C10H9.CH5Si.Zr/c1-3-9-15(10-4-1)13-7-8-14-16-11-5-2-6-12-16;2*1-8-6-9-4-2-3-5-10(9)7-8;1-2;/h1-13H;2*2-7H,1H3;2H2,1H3;. The van der Waals surface area contributed by atoms with Crippen molar-refractivity contribution in [3.63, 3.8) is 0 Å². The van der Waals surface area contributed by atoms with Crippen molar-refractivity contribution in [2.75, 3.05) is 0 Å². The molecule has 0 aliphatic heterocycles. The van der Waals surface area contributed by atoms with Crippen molar-refractivity contribution in [3.8, 4) is 0 Å². The first-order chi connectivity index (χ1) is 19.1. The summed E-state index contributed by atoms with van der Waals surface area (Å²) in [7, 11) is 0. The number of hydrogen-bond acceptors (Lipinski definition) is 0. The number of rotatable bonds is 7. The molecular weight excluding hydrogens is 564 g/mol. The van der Waals surface area contributed by atoms with E-state index in [9.17, 15) is 0 Å². The van der Waals surface area contributed by atoms with Crippen LogP contribution < -0.4 is 0 Å². The second-order valence-corrected chi connectivity index (χ2v) is 33.1. The summed E-state index contributed by atoms with van der Waals surface area (Å²) in [5.74, 6) is 0. The van der Waals surface area contributed by atoms with E-state index < -0.39 is 26.1 Å². The molecule has 0 bridgehead atoms. The first-order valence-corrected chi connectivity index (χ1v) is 25.6. The van der Waals surface area contributed by atoms with Gasteiger partial charge >= 0.3 is 241 Å². The van der Waals surface area contributed by atoms with Crippen LogP contribution in [0.2, 0.25) is 6.55 Å². The third-order valence-electron chi connectivity index (χ3n) is 8.84. The number of benzene rings is 4. The Morgan fingerprint density at radius 3 is 1.67 bits per heavy atom. The molecule has 0 fully saturated rings. The molecule has 2 unspecified atom stereocenters. The molecule has 0 radical (unpaired) electrons. The van der Waals surface area contributed by atoms with Gasteiger partial charge in [-0.15, -0.1) is 0 Å². The molecule has 0 saturated heterocycles. The van der Waals surface area contributed by atoms with Gasteiger partial charge < -0.3 is 0 Å². The summed E-state index contributed by atoms with van der Waals surface area (Å²) < 4.78 is 2.77. The van der Waals surface area contributed by atoms with Crippen LogP contribution in [-0.4, -0.2) is 6.65 Å². The van der Waals surface area contributed by atoms with Crippen LogP contribution in [0, 0.1) is 0 Å². The third-order valence-corrected chi connectivity index (χ3v) is 38.1. The van der Waals surface area contributed by atoms with Crippen LogP contribution in [0.1, 0.15) is 54.5 Å². The van der Waals surface area contributed by atoms with Crippen LogP contribution in [0.15, 0.2) is 132 Å². The number of hydrogen-bond donors (Lipinski definition) is 0. The van der Waals surface area contributed by atoms with Gasteiger partial charge in [0.15, 0.2) is 0 Å². The van der Waals surface area contributed by atoms with Crippen molar-refractivity contribution >= 4 is 28.2 Å². The molecule has 0 saturated carbocycles. The van der Waals surface area contributed by atoms with Gasteiger partial charge in [-0.2, -0.15) is 0 Å². The summed E-state index contributed by atoms with van der Waals surface area (Å²) in [4.78, 5) is 0. The topological polar surface area (TPSA) is 0 Å². The van der Waals surface area contributed by atoms with Crippen molar-refractivity contribution < 1.29 is 19.4 Å². The summed E-state index contributed by atoms with van der Waals surface area (Å²) in [6.45, 7) is 7.04. The number of allylic oxidation sites excluding steroid dienone is 4. The fourth-order valence-electron chi connectivity index (χ4n) is 7.36. The van der Waals surface area contributed by atoms with Crippen molar-refractivity contribution in [2.24, 2.45) is 0 Å². The first kappa shape index (κ1) is 26.2. The van der Waals surface area contributed by atoms with Crippen LogP contribution >= 0.6 is 0 Å². The Morgan fingerprint density at radius 1 is 0.641 bits per heavy atom. The molecule has 0 spiro atoms. The zero-order valence-electron chi connectivity index (χ0n) is 23.1. The van der Waals surface area contributed by atoms with Gasteiger partial charge in [0.05, 0.1) is 0 Å². The van der Waals surface area contributed by atoms with Crippen LogP contribution in [0.4, 0.5) is 0 Å². The molecule has 192 valence electrons. The average molecular weight is 600 g/mol. The molecular formula is C37H36SiZr. The van der Waals surface area contributed by atoms with E-state index in [0.717, 1.165) is 0 Å². The van der Waals surface area contributed by atoms with Crippen molar-refractivity contribution in [2.45, 2.75) is 27.6 Å². The molecule has 0 N–H and O–H groups in total. The maximum absolute atomic E-state index is 3.35. The van der Waals surface area contributed by atoms with Crippen LogP contribution in [0.25, 0.3) is 21.5 Å². The molecule has 2 heteroatoms. The zero-order valence-corrected chi connectivity index (χ0v) is 27.0. The predicted octanol–water partition coefficient (Wildman–Crippen LogP) is 9.34. The summed E-state index contributed by atoms with van der Waals surface area (Å²) in [6, 6.07) is 40.6. The molecule has 0 heterocycles. The Balaban J connectivity index is 1.64. The van der Waals surface area contributed by atoms with E-state index >= 15 is 0 Å². The molecule has 0 aromatic heterocycles. The summed E-state index contributed by atoms with van der Waals surface area (Å²) in [5, 5.41) is 0. The molecule has 2 aliphatic carbocycles. The monoisotopic (exact) mass is 598 g/mol. The molecule has 2 atom stereocenters. The van der Waals surface area contributed by atoms with E-state index in [1.54, 1.807) is 25.6 Å². The van der Waals surface area contributed by atoms with E-state index in [-0.39, 0.29) is 0 Å². The van der Waals surface area contributed by atoms with E-state index in [1.165, 1.54) is 22.3 Å². The summed E-state index contributed by atoms with van der Waals surface area (Å²) in [6.07, 6.45) is 12.2.